The molecule has 36 heavy (non-hydrogen) atoms. The number of aliphatic hydroxyl groups is 1. The number of carbonyl (C=O) groups is 1. The van der Waals surface area contributed by atoms with E-state index in [-0.39, 0.29) is 29.1 Å². The zero-order valence-corrected chi connectivity index (χ0v) is 20.7. The van der Waals surface area contributed by atoms with E-state index in [0.29, 0.717) is 58.9 Å². The summed E-state index contributed by atoms with van der Waals surface area (Å²) in [5.74, 6) is -1.47. The quantitative estimate of drug-likeness (QED) is 0.357. The highest BCUT2D eigenvalue weighted by Gasteiger charge is 2.37. The molecule has 0 amide bonds. The van der Waals surface area contributed by atoms with Gasteiger partial charge in [-0.2, -0.15) is 5.10 Å². The van der Waals surface area contributed by atoms with E-state index in [9.17, 15) is 14.3 Å². The molecule has 2 heterocycles. The number of benzene rings is 2. The number of halogens is 2. The van der Waals surface area contributed by atoms with Crippen molar-refractivity contribution >= 4 is 27.8 Å². The lowest BCUT2D eigenvalue weighted by molar-refractivity contribution is -0.146. The third-order valence-corrected chi connectivity index (χ3v) is 7.29. The number of nitrogens with zero attached hydrogens (tertiary/aromatic N) is 2. The van der Waals surface area contributed by atoms with Crippen LogP contribution in [0.3, 0.4) is 0 Å². The van der Waals surface area contributed by atoms with Gasteiger partial charge in [0.2, 0.25) is 0 Å². The van der Waals surface area contributed by atoms with Gasteiger partial charge in [0, 0.05) is 22.5 Å². The Morgan fingerprint density at radius 3 is 2.53 bits per heavy atom. The molecule has 1 aliphatic carbocycles. The Kier molecular flexibility index (Phi) is 5.98. The number of carbonyl (C=O) groups excluding carboxylic acids is 1. The molecule has 0 radical (unpaired) electrons. The van der Waals surface area contributed by atoms with Crippen molar-refractivity contribution in [2.45, 2.75) is 51.0 Å². The van der Waals surface area contributed by atoms with Gasteiger partial charge in [-0.25, -0.2) is 8.78 Å². The minimum atomic E-state index is -1.37. The Balaban J connectivity index is 1.82. The van der Waals surface area contributed by atoms with Gasteiger partial charge < -0.3 is 19.1 Å². The van der Waals surface area contributed by atoms with Gasteiger partial charge in [-0.1, -0.05) is 0 Å². The van der Waals surface area contributed by atoms with Gasteiger partial charge in [0.25, 0.3) is 0 Å². The van der Waals surface area contributed by atoms with Crippen LogP contribution in [-0.4, -0.2) is 40.1 Å². The standard InChI is InChI=1S/C27H29F2N3O4/c1-27(2,34)25-21(14-5-7-15(8-6-14)26(33)36-4)22-19(11-16-13-30-31-24(16)23(22)29)32(25)17-9-10-18(28)20(12-17)35-3/h9-15,34H,5-8H2,1-4H3,(H,30,31)/t14-,15-. The van der Waals surface area contributed by atoms with Crippen LogP contribution in [0.25, 0.3) is 27.5 Å². The highest BCUT2D eigenvalue weighted by molar-refractivity contribution is 6.00. The van der Waals surface area contributed by atoms with E-state index in [1.54, 1.807) is 36.7 Å². The molecule has 9 heteroatoms. The number of hydrogen-bond donors (Lipinski definition) is 2. The Hall–Kier alpha value is -3.46. The summed E-state index contributed by atoms with van der Waals surface area (Å²) in [4.78, 5) is 12.1. The highest BCUT2D eigenvalue weighted by atomic mass is 19.1. The first-order valence-corrected chi connectivity index (χ1v) is 12.0. The largest absolute Gasteiger partial charge is 0.494 e. The average molecular weight is 498 g/mol. The summed E-state index contributed by atoms with van der Waals surface area (Å²) in [5, 5.41) is 19.2. The van der Waals surface area contributed by atoms with Crippen molar-refractivity contribution in [3.05, 3.63) is 53.4 Å². The number of ether oxygens (including phenoxy) is 2. The monoisotopic (exact) mass is 497 g/mol. The van der Waals surface area contributed by atoms with Crippen LogP contribution in [-0.2, 0) is 15.1 Å². The van der Waals surface area contributed by atoms with Crippen molar-refractivity contribution in [1.82, 2.24) is 14.8 Å². The van der Waals surface area contributed by atoms with Gasteiger partial charge in [0.15, 0.2) is 17.4 Å². The molecule has 0 aliphatic heterocycles. The molecule has 0 unspecified atom stereocenters. The Morgan fingerprint density at radius 2 is 1.89 bits per heavy atom. The highest BCUT2D eigenvalue weighted by Crippen LogP contribution is 2.47. The van der Waals surface area contributed by atoms with Gasteiger partial charge in [-0.3, -0.25) is 9.89 Å². The second kappa shape index (κ2) is 8.89. The lowest BCUT2D eigenvalue weighted by atomic mass is 9.76. The molecule has 0 atom stereocenters. The SMILES string of the molecule is COc1cc(-n2c(C(C)(C)O)c([C@H]3CC[C@H](C(=O)OC)CC3)c3c(F)c4[nH]ncc4cc32)ccc1F. The fraction of sp³-hybridized carbons (Fsp3) is 0.407. The van der Waals surface area contributed by atoms with Gasteiger partial charge in [-0.15, -0.1) is 0 Å². The molecule has 5 rings (SSSR count). The number of H-pyrrole nitrogens is 1. The minimum Gasteiger partial charge on any atom is -0.494 e. The van der Waals surface area contributed by atoms with Crippen LogP contribution in [0.2, 0.25) is 0 Å². The van der Waals surface area contributed by atoms with E-state index in [1.165, 1.54) is 20.3 Å². The molecule has 2 aromatic carbocycles. The van der Waals surface area contributed by atoms with Crippen LogP contribution in [0.5, 0.6) is 5.75 Å². The summed E-state index contributed by atoms with van der Waals surface area (Å²) in [5.41, 5.74) is 1.20. The molecule has 0 bridgehead atoms. The van der Waals surface area contributed by atoms with Crippen LogP contribution in [0.1, 0.15) is 56.7 Å². The van der Waals surface area contributed by atoms with E-state index >= 15 is 4.39 Å². The molecule has 4 aromatic rings. The molecular weight excluding hydrogens is 468 g/mol. The predicted molar refractivity (Wildman–Crippen MR) is 131 cm³/mol. The van der Waals surface area contributed by atoms with E-state index in [1.807, 2.05) is 6.07 Å². The zero-order valence-electron chi connectivity index (χ0n) is 20.7. The van der Waals surface area contributed by atoms with Crippen molar-refractivity contribution < 1.29 is 28.2 Å². The maximum absolute atomic E-state index is 16.2. The van der Waals surface area contributed by atoms with Crippen LogP contribution in [0.4, 0.5) is 8.78 Å². The maximum atomic E-state index is 16.2. The lowest BCUT2D eigenvalue weighted by Crippen LogP contribution is -2.26. The number of fused-ring (bicyclic) bond motifs is 2. The second-order valence-electron chi connectivity index (χ2n) is 9.97. The maximum Gasteiger partial charge on any atom is 0.308 e. The molecule has 2 N–H and O–H groups in total. The van der Waals surface area contributed by atoms with E-state index in [2.05, 4.69) is 10.2 Å². The van der Waals surface area contributed by atoms with E-state index in [0.717, 1.165) is 0 Å². The van der Waals surface area contributed by atoms with Crippen molar-refractivity contribution in [2.75, 3.05) is 14.2 Å². The summed E-state index contributed by atoms with van der Waals surface area (Å²) >= 11 is 0. The third kappa shape index (κ3) is 3.82. The van der Waals surface area contributed by atoms with Crippen LogP contribution in [0, 0.1) is 17.6 Å². The number of aromatic amines is 1. The van der Waals surface area contributed by atoms with Gasteiger partial charge >= 0.3 is 5.97 Å². The summed E-state index contributed by atoms with van der Waals surface area (Å²) in [6.45, 7) is 3.32. The summed E-state index contributed by atoms with van der Waals surface area (Å²) < 4.78 is 42.4. The summed E-state index contributed by atoms with van der Waals surface area (Å²) in [6, 6.07) is 6.25. The minimum absolute atomic E-state index is 0.0426. The van der Waals surface area contributed by atoms with Crippen LogP contribution >= 0.6 is 0 Å². The molecule has 1 aliphatic rings. The van der Waals surface area contributed by atoms with E-state index < -0.39 is 17.2 Å². The molecule has 0 saturated heterocycles. The Bertz CT molecular complexity index is 1460. The Labute approximate surface area is 207 Å². The summed E-state index contributed by atoms with van der Waals surface area (Å²) in [7, 11) is 2.77. The zero-order chi connectivity index (χ0) is 25.8. The first-order chi connectivity index (χ1) is 17.2. The van der Waals surface area contributed by atoms with Crippen molar-refractivity contribution in [2.24, 2.45) is 5.92 Å². The number of nitrogens with one attached hydrogen (secondary N) is 1. The smallest absolute Gasteiger partial charge is 0.308 e. The first-order valence-electron chi connectivity index (χ1n) is 12.0. The van der Waals surface area contributed by atoms with Crippen LogP contribution in [0.15, 0.2) is 30.5 Å². The number of esters is 1. The molecule has 1 fully saturated rings. The summed E-state index contributed by atoms with van der Waals surface area (Å²) in [6.07, 6.45) is 4.02. The van der Waals surface area contributed by atoms with Gasteiger partial charge in [0.05, 0.1) is 43.1 Å². The molecule has 0 spiro atoms. The number of hydrogen-bond acceptors (Lipinski definition) is 5. The molecule has 190 valence electrons. The fourth-order valence-electron chi connectivity index (χ4n) is 5.67. The van der Waals surface area contributed by atoms with Gasteiger partial charge in [-0.05, 0) is 69.2 Å². The normalized spacial score (nSPS) is 18.6. The molecular formula is C27H29F2N3O4. The topological polar surface area (TPSA) is 89.4 Å². The number of aromatic nitrogens is 3. The predicted octanol–water partition coefficient (Wildman–Crippen LogP) is 5.47. The van der Waals surface area contributed by atoms with Crippen molar-refractivity contribution in [3.63, 3.8) is 0 Å². The number of rotatable bonds is 5. The van der Waals surface area contributed by atoms with Crippen molar-refractivity contribution in [3.8, 4) is 11.4 Å². The third-order valence-electron chi connectivity index (χ3n) is 7.29. The molecule has 7 nitrogen and oxygen atoms in total. The van der Waals surface area contributed by atoms with Crippen LogP contribution < -0.4 is 4.74 Å². The fourth-order valence-corrected chi connectivity index (χ4v) is 5.67. The van der Waals surface area contributed by atoms with E-state index in [4.69, 9.17) is 9.47 Å². The Morgan fingerprint density at radius 1 is 1.17 bits per heavy atom. The van der Waals surface area contributed by atoms with Crippen molar-refractivity contribution in [1.29, 1.82) is 0 Å². The number of methoxy groups -OCH3 is 2. The van der Waals surface area contributed by atoms with Gasteiger partial charge in [0.1, 0.15) is 5.52 Å². The second-order valence-corrected chi connectivity index (χ2v) is 9.97. The lowest BCUT2D eigenvalue weighted by Gasteiger charge is -2.30. The molecule has 2 aromatic heterocycles. The molecule has 1 saturated carbocycles. The average Bonchev–Trinajstić information content (AvgIpc) is 3.47. The first kappa shape index (κ1) is 24.2.